The van der Waals surface area contributed by atoms with E-state index in [1.807, 2.05) is 53.4 Å². The van der Waals surface area contributed by atoms with Crippen LogP contribution < -0.4 is 9.80 Å². The van der Waals surface area contributed by atoms with E-state index in [4.69, 9.17) is 28.2 Å². The van der Waals surface area contributed by atoms with Gasteiger partial charge in [-0.3, -0.25) is 4.79 Å². The molecule has 3 aromatic rings. The number of hydrogen-bond acceptors (Lipinski definition) is 6. The molecule has 0 unspecified atom stereocenters. The predicted octanol–water partition coefficient (Wildman–Crippen LogP) is 5.39. The predicted molar refractivity (Wildman–Crippen MR) is 142 cm³/mol. The van der Waals surface area contributed by atoms with Crippen LogP contribution in [0.15, 0.2) is 48.5 Å². The van der Waals surface area contributed by atoms with Crippen molar-refractivity contribution in [2.45, 2.75) is 32.7 Å². The maximum Gasteiger partial charge on any atom is 0.224 e. The number of para-hydroxylation sites is 1. The van der Waals surface area contributed by atoms with E-state index < -0.39 is 0 Å². The van der Waals surface area contributed by atoms with Gasteiger partial charge in [0.05, 0.1) is 10.7 Å². The van der Waals surface area contributed by atoms with Crippen LogP contribution in [0.3, 0.4) is 0 Å². The molecule has 0 aliphatic carbocycles. The molecular formula is C25H29Cl2N5OS. The number of aromatic nitrogens is 2. The smallest absolute Gasteiger partial charge is 0.224 e. The molecule has 0 atom stereocenters. The first-order valence-electron chi connectivity index (χ1n) is 11.5. The number of amides is 1. The van der Waals surface area contributed by atoms with Crippen LogP contribution in [0.25, 0.3) is 0 Å². The molecule has 1 aromatic heterocycles. The number of hydrogen-bond donors (Lipinski definition) is 0. The number of carbonyl (C=O) groups excluding carboxylic acids is 1. The number of rotatable bonds is 8. The molecule has 1 fully saturated rings. The molecule has 2 aromatic carbocycles. The zero-order valence-electron chi connectivity index (χ0n) is 19.5. The quantitative estimate of drug-likeness (QED) is 0.400. The Kier molecular flexibility index (Phi) is 8.29. The monoisotopic (exact) mass is 517 g/mol. The first-order valence-corrected chi connectivity index (χ1v) is 13.0. The van der Waals surface area contributed by atoms with Crippen LogP contribution in [-0.4, -0.2) is 58.9 Å². The molecule has 1 aliphatic heterocycles. The second-order valence-electron chi connectivity index (χ2n) is 8.65. The molecule has 34 heavy (non-hydrogen) atoms. The van der Waals surface area contributed by atoms with Crippen molar-refractivity contribution in [2.75, 3.05) is 42.5 Å². The first-order chi connectivity index (χ1) is 16.4. The fourth-order valence-corrected chi connectivity index (χ4v) is 5.30. The number of piperazine rings is 1. The van der Waals surface area contributed by atoms with Gasteiger partial charge in [0.2, 0.25) is 11.0 Å². The molecule has 0 radical (unpaired) electrons. The highest BCUT2D eigenvalue weighted by Crippen LogP contribution is 2.26. The summed E-state index contributed by atoms with van der Waals surface area (Å²) in [5, 5.41) is 2.33. The average molecular weight is 519 g/mol. The van der Waals surface area contributed by atoms with Crippen LogP contribution in [0.1, 0.15) is 31.7 Å². The molecule has 6 nitrogen and oxygen atoms in total. The standard InChI is InChI=1S/C25H29Cl2N5OS/c1-18(2)32(25-28-23(29-34-25)17-19-7-9-20(26)10-8-19)12-11-24(33)31-15-13-30(14-16-31)22-6-4-3-5-21(22)27/h3-10,18H,11-17H2,1-2H3. The summed E-state index contributed by atoms with van der Waals surface area (Å²) in [6.07, 6.45) is 1.12. The van der Waals surface area contributed by atoms with Gasteiger partial charge < -0.3 is 14.7 Å². The fraction of sp³-hybridized carbons (Fsp3) is 0.400. The van der Waals surface area contributed by atoms with E-state index in [2.05, 4.69) is 28.0 Å². The van der Waals surface area contributed by atoms with Crippen LogP contribution in [-0.2, 0) is 11.2 Å². The maximum atomic E-state index is 13.0. The average Bonchev–Trinajstić information content (AvgIpc) is 3.29. The van der Waals surface area contributed by atoms with Gasteiger partial charge in [-0.2, -0.15) is 4.37 Å². The van der Waals surface area contributed by atoms with Gasteiger partial charge in [-0.1, -0.05) is 47.5 Å². The zero-order chi connectivity index (χ0) is 24.1. The van der Waals surface area contributed by atoms with Crippen LogP contribution in [0.2, 0.25) is 10.0 Å². The SMILES string of the molecule is CC(C)N(CCC(=O)N1CCN(c2ccccc2Cl)CC1)c1nc(Cc2ccc(Cl)cc2)ns1. The van der Waals surface area contributed by atoms with E-state index in [0.29, 0.717) is 32.5 Å². The molecule has 0 spiro atoms. The number of anilines is 2. The molecule has 0 saturated carbocycles. The summed E-state index contributed by atoms with van der Waals surface area (Å²) >= 11 is 13.7. The molecule has 0 bridgehead atoms. The topological polar surface area (TPSA) is 52.6 Å². The van der Waals surface area contributed by atoms with Crippen molar-refractivity contribution in [2.24, 2.45) is 0 Å². The molecule has 1 saturated heterocycles. The minimum atomic E-state index is 0.176. The zero-order valence-corrected chi connectivity index (χ0v) is 21.8. The van der Waals surface area contributed by atoms with Gasteiger partial charge in [-0.05, 0) is 43.7 Å². The first kappa shape index (κ1) is 24.8. The number of carbonyl (C=O) groups is 1. The Labute approximate surface area is 215 Å². The molecule has 9 heteroatoms. The maximum absolute atomic E-state index is 13.0. The van der Waals surface area contributed by atoms with E-state index in [9.17, 15) is 4.79 Å². The van der Waals surface area contributed by atoms with Crippen molar-refractivity contribution in [1.29, 1.82) is 0 Å². The van der Waals surface area contributed by atoms with Crippen molar-refractivity contribution in [1.82, 2.24) is 14.3 Å². The molecule has 1 amide bonds. The lowest BCUT2D eigenvalue weighted by atomic mass is 10.1. The van der Waals surface area contributed by atoms with Crippen molar-refractivity contribution in [3.05, 3.63) is 70.0 Å². The van der Waals surface area contributed by atoms with E-state index in [-0.39, 0.29) is 11.9 Å². The van der Waals surface area contributed by atoms with Crippen LogP contribution in [0.4, 0.5) is 10.8 Å². The van der Waals surface area contributed by atoms with E-state index in [1.165, 1.54) is 11.5 Å². The summed E-state index contributed by atoms with van der Waals surface area (Å²) in [7, 11) is 0. The lowest BCUT2D eigenvalue weighted by Gasteiger charge is -2.37. The second kappa shape index (κ2) is 11.4. The third-order valence-corrected chi connectivity index (χ3v) is 7.36. The highest BCUT2D eigenvalue weighted by atomic mass is 35.5. The van der Waals surface area contributed by atoms with Crippen LogP contribution in [0, 0.1) is 0 Å². The van der Waals surface area contributed by atoms with Gasteiger partial charge in [0.15, 0.2) is 0 Å². The van der Waals surface area contributed by atoms with Gasteiger partial charge in [-0.25, -0.2) is 4.98 Å². The summed E-state index contributed by atoms with van der Waals surface area (Å²) in [5.74, 6) is 0.963. The van der Waals surface area contributed by atoms with Gasteiger partial charge in [0.1, 0.15) is 5.82 Å². The Morgan fingerprint density at radius 1 is 1.06 bits per heavy atom. The fourth-order valence-electron chi connectivity index (χ4n) is 4.07. The van der Waals surface area contributed by atoms with Gasteiger partial charge in [0, 0.05) is 68.2 Å². The third kappa shape index (κ3) is 6.20. The molecule has 0 N–H and O–H groups in total. The van der Waals surface area contributed by atoms with Crippen molar-refractivity contribution >= 4 is 51.5 Å². The van der Waals surface area contributed by atoms with Gasteiger partial charge >= 0.3 is 0 Å². The lowest BCUT2D eigenvalue weighted by molar-refractivity contribution is -0.131. The summed E-state index contributed by atoms with van der Waals surface area (Å²) in [4.78, 5) is 24.1. The highest BCUT2D eigenvalue weighted by molar-refractivity contribution is 7.09. The Bertz CT molecular complexity index is 1100. The molecule has 1 aliphatic rings. The van der Waals surface area contributed by atoms with E-state index in [1.54, 1.807) is 0 Å². The summed E-state index contributed by atoms with van der Waals surface area (Å²) < 4.78 is 4.54. The molecule has 180 valence electrons. The third-order valence-electron chi connectivity index (χ3n) is 5.99. The van der Waals surface area contributed by atoms with Gasteiger partial charge in [0.25, 0.3) is 0 Å². The molecule has 2 heterocycles. The molecule has 4 rings (SSSR count). The Morgan fingerprint density at radius 3 is 2.44 bits per heavy atom. The van der Waals surface area contributed by atoms with Crippen molar-refractivity contribution in [3.63, 3.8) is 0 Å². The number of nitrogens with zero attached hydrogens (tertiary/aromatic N) is 5. The minimum Gasteiger partial charge on any atom is -0.367 e. The largest absolute Gasteiger partial charge is 0.367 e. The Balaban J connectivity index is 1.31. The second-order valence-corrected chi connectivity index (χ2v) is 10.2. The number of halogens is 2. The minimum absolute atomic E-state index is 0.176. The highest BCUT2D eigenvalue weighted by Gasteiger charge is 2.24. The van der Waals surface area contributed by atoms with Crippen molar-refractivity contribution < 1.29 is 4.79 Å². The Morgan fingerprint density at radius 2 is 1.76 bits per heavy atom. The lowest BCUT2D eigenvalue weighted by Crippen LogP contribution is -2.49. The molecular weight excluding hydrogens is 489 g/mol. The number of benzene rings is 2. The summed E-state index contributed by atoms with van der Waals surface area (Å²) in [6, 6.07) is 15.8. The summed E-state index contributed by atoms with van der Waals surface area (Å²) in [6.45, 7) is 7.84. The van der Waals surface area contributed by atoms with Crippen LogP contribution in [0.5, 0.6) is 0 Å². The van der Waals surface area contributed by atoms with Crippen LogP contribution >= 0.6 is 34.7 Å². The van der Waals surface area contributed by atoms with Crippen molar-refractivity contribution in [3.8, 4) is 0 Å². The summed E-state index contributed by atoms with van der Waals surface area (Å²) in [5.41, 5.74) is 2.16. The van der Waals surface area contributed by atoms with Gasteiger partial charge in [-0.15, -0.1) is 0 Å². The van der Waals surface area contributed by atoms with E-state index in [0.717, 1.165) is 45.3 Å². The van der Waals surface area contributed by atoms with E-state index >= 15 is 0 Å². The Hall–Kier alpha value is -2.35. The normalized spacial score (nSPS) is 14.0.